The molecule has 156 valence electrons. The van der Waals surface area contributed by atoms with Crippen molar-refractivity contribution in [2.45, 2.75) is 78.6 Å². The lowest BCUT2D eigenvalue weighted by molar-refractivity contribution is -0.664. The molecule has 0 spiro atoms. The van der Waals surface area contributed by atoms with Gasteiger partial charge in [0.25, 0.3) is 5.52 Å². The van der Waals surface area contributed by atoms with Crippen LogP contribution in [0.25, 0.3) is 16.7 Å². The summed E-state index contributed by atoms with van der Waals surface area (Å²) in [6.45, 7) is 17.0. The van der Waals surface area contributed by atoms with E-state index in [4.69, 9.17) is 0 Å². The van der Waals surface area contributed by atoms with Crippen LogP contribution in [0.2, 0.25) is 0 Å². The highest BCUT2D eigenvalue weighted by Gasteiger charge is 2.27. The summed E-state index contributed by atoms with van der Waals surface area (Å²) >= 11 is 0. The normalized spacial score (nSPS) is 13.8. The van der Waals surface area contributed by atoms with Crippen LogP contribution in [0.4, 0.5) is 0 Å². The fraction of sp³-hybridized carbons (Fsp3) is 0.500. The van der Waals surface area contributed by atoms with Crippen LogP contribution >= 0.6 is 0 Å². The van der Waals surface area contributed by atoms with E-state index in [1.165, 1.54) is 4.80 Å². The van der Waals surface area contributed by atoms with Gasteiger partial charge in [0.1, 0.15) is 0 Å². The molecule has 5 nitrogen and oxygen atoms in total. The highest BCUT2D eigenvalue weighted by molar-refractivity contribution is 5.72. The molecule has 0 aliphatic rings. The first-order chi connectivity index (χ1) is 13.3. The van der Waals surface area contributed by atoms with Crippen LogP contribution in [0.3, 0.4) is 0 Å². The van der Waals surface area contributed by atoms with Gasteiger partial charge in [-0.1, -0.05) is 67.5 Å². The molecule has 0 fully saturated rings. The number of hydrogen-bond donors (Lipinski definition) is 1. The van der Waals surface area contributed by atoms with E-state index in [2.05, 4.69) is 66.6 Å². The topological polar surface area (TPSA) is 65.0 Å². The highest BCUT2D eigenvalue weighted by atomic mass is 16.5. The van der Waals surface area contributed by atoms with Crippen molar-refractivity contribution in [3.8, 4) is 11.4 Å². The molecule has 0 aliphatic carbocycles. The van der Waals surface area contributed by atoms with E-state index in [9.17, 15) is 10.3 Å². The van der Waals surface area contributed by atoms with Crippen LogP contribution < -0.4 is 4.85 Å². The first kappa shape index (κ1) is 21.2. The first-order valence-electron chi connectivity index (χ1n) is 10.4. The zero-order valence-electron chi connectivity index (χ0n) is 18.9. The predicted molar refractivity (Wildman–Crippen MR) is 118 cm³/mol. The molecule has 1 aromatic heterocycles. The molecular weight excluding hydrogens is 362 g/mol. The Labute approximate surface area is 173 Å². The highest BCUT2D eigenvalue weighted by Crippen LogP contribution is 2.37. The zero-order chi connectivity index (χ0) is 21.7. The van der Waals surface area contributed by atoms with Crippen LogP contribution in [0.5, 0.6) is 5.75 Å². The monoisotopic (exact) mass is 395 g/mol. The number of aromatic hydroxyl groups is 1. The first-order valence-corrected chi connectivity index (χ1v) is 10.4. The molecule has 0 aliphatic heterocycles. The largest absolute Gasteiger partial charge is 0.692 e. The number of nitrogens with zero attached hydrogens (tertiary/aromatic N) is 3. The fourth-order valence-electron chi connectivity index (χ4n) is 3.45. The Morgan fingerprint density at radius 2 is 1.66 bits per heavy atom. The Morgan fingerprint density at radius 3 is 2.21 bits per heavy atom. The van der Waals surface area contributed by atoms with Crippen LogP contribution in [-0.2, 0) is 10.8 Å². The number of hydrogen-bond acceptors (Lipinski definition) is 3. The molecule has 29 heavy (non-hydrogen) atoms. The average Bonchev–Trinajstić information content (AvgIpc) is 2.95. The third-order valence-electron chi connectivity index (χ3n) is 5.77. The molecule has 0 saturated carbocycles. The van der Waals surface area contributed by atoms with Gasteiger partial charge in [0.15, 0.2) is 11.4 Å². The van der Waals surface area contributed by atoms with Crippen LogP contribution in [0.15, 0.2) is 30.3 Å². The van der Waals surface area contributed by atoms with Crippen molar-refractivity contribution in [2.24, 2.45) is 0 Å². The number of phenolic OH excluding ortho intramolecular Hbond substituents is 1. The summed E-state index contributed by atoms with van der Waals surface area (Å²) in [6.07, 6.45) is 0.897. The maximum Gasteiger partial charge on any atom is 0.250 e. The van der Waals surface area contributed by atoms with Gasteiger partial charge >= 0.3 is 0 Å². The number of aromatic nitrogens is 3. The van der Waals surface area contributed by atoms with Crippen LogP contribution in [-0.4, -0.2) is 15.0 Å². The van der Waals surface area contributed by atoms with Gasteiger partial charge in [-0.15, -0.1) is 4.85 Å². The predicted octanol–water partition coefficient (Wildman–Crippen LogP) is 5.47. The fourth-order valence-corrected chi connectivity index (χ4v) is 3.45. The lowest BCUT2D eigenvalue weighted by Crippen LogP contribution is -2.37. The lowest BCUT2D eigenvalue weighted by Gasteiger charge is -2.23. The van der Waals surface area contributed by atoms with Gasteiger partial charge in [-0.05, 0) is 56.8 Å². The van der Waals surface area contributed by atoms with Gasteiger partial charge in [-0.25, -0.2) is 0 Å². The Bertz CT molecular complexity index is 1050. The van der Waals surface area contributed by atoms with Gasteiger partial charge < -0.3 is 10.3 Å². The third kappa shape index (κ3) is 3.83. The van der Waals surface area contributed by atoms with E-state index in [1.807, 2.05) is 24.3 Å². The molecule has 1 unspecified atom stereocenters. The molecule has 5 heteroatoms. The maximum absolute atomic E-state index is 13.1. The molecular formula is C24H33N3O2. The summed E-state index contributed by atoms with van der Waals surface area (Å²) in [5.74, 6) is 0.300. The van der Waals surface area contributed by atoms with Crippen molar-refractivity contribution in [3.63, 3.8) is 0 Å². The van der Waals surface area contributed by atoms with Crippen molar-refractivity contribution in [3.05, 3.63) is 52.2 Å². The number of rotatable bonds is 3. The zero-order valence-corrected chi connectivity index (χ0v) is 18.9. The molecule has 0 radical (unpaired) electrons. The summed E-state index contributed by atoms with van der Waals surface area (Å²) < 4.78 is 0. The van der Waals surface area contributed by atoms with Crippen molar-refractivity contribution in [2.75, 3.05) is 0 Å². The Balaban J connectivity index is 2.29. The molecule has 2 aromatic carbocycles. The Morgan fingerprint density at radius 1 is 1.03 bits per heavy atom. The lowest BCUT2D eigenvalue weighted by atomic mass is 9.83. The van der Waals surface area contributed by atoms with Gasteiger partial charge in [0, 0.05) is 6.07 Å². The maximum atomic E-state index is 13.1. The smallest absolute Gasteiger partial charge is 0.250 e. The Hall–Kier alpha value is -2.56. The third-order valence-corrected chi connectivity index (χ3v) is 5.77. The number of benzene rings is 2. The second kappa shape index (κ2) is 7.05. The molecule has 1 heterocycles. The van der Waals surface area contributed by atoms with Crippen molar-refractivity contribution >= 4 is 11.0 Å². The van der Waals surface area contributed by atoms with Gasteiger partial charge in [-0.3, -0.25) is 0 Å². The second-order valence-electron chi connectivity index (χ2n) is 10.1. The van der Waals surface area contributed by atoms with E-state index >= 15 is 0 Å². The summed E-state index contributed by atoms with van der Waals surface area (Å²) in [5.41, 5.74) is 4.41. The second-order valence-corrected chi connectivity index (χ2v) is 10.1. The summed E-state index contributed by atoms with van der Waals surface area (Å²) in [4.78, 5) is 2.05. The van der Waals surface area contributed by atoms with Crippen molar-refractivity contribution < 1.29 is 9.95 Å². The van der Waals surface area contributed by atoms with Gasteiger partial charge in [-0.2, -0.15) is 0 Å². The minimum Gasteiger partial charge on any atom is -0.692 e. The minimum absolute atomic E-state index is 0.0380. The molecule has 0 amide bonds. The Kier molecular flexibility index (Phi) is 5.14. The quantitative estimate of drug-likeness (QED) is 0.472. The molecule has 3 aromatic rings. The number of fused-ring (bicyclic) bond motifs is 1. The summed E-state index contributed by atoms with van der Waals surface area (Å²) in [7, 11) is 0. The van der Waals surface area contributed by atoms with E-state index in [1.54, 1.807) is 0 Å². The SMILES string of the molecule is CCC(C)c1cc(C(C)(C)C)cc(-n2nc3cc(C(C)(C)C)ccc3[n+]2[O-])c1O. The van der Waals surface area contributed by atoms with Crippen molar-refractivity contribution in [1.82, 2.24) is 9.90 Å². The van der Waals surface area contributed by atoms with Crippen LogP contribution in [0.1, 0.15) is 84.4 Å². The van der Waals surface area contributed by atoms with Crippen molar-refractivity contribution in [1.29, 1.82) is 0 Å². The van der Waals surface area contributed by atoms with E-state index in [0.29, 0.717) is 16.7 Å². The standard InChI is InChI=1S/C24H33N3O2/c1-9-15(2)18-12-17(24(6,7)8)14-21(22(18)28)26-25-19-13-16(23(3,4)5)10-11-20(19)27(26)29/h10-15,28H,9H2,1-8H3. The molecule has 3 rings (SSSR count). The molecule has 1 N–H and O–H groups in total. The average molecular weight is 396 g/mol. The molecule has 1 atom stereocenters. The van der Waals surface area contributed by atoms with E-state index in [0.717, 1.165) is 28.0 Å². The summed E-state index contributed by atoms with van der Waals surface area (Å²) in [5, 5.41) is 28.7. The summed E-state index contributed by atoms with van der Waals surface area (Å²) in [6, 6.07) is 9.68. The van der Waals surface area contributed by atoms with Gasteiger partial charge in [0.2, 0.25) is 5.52 Å². The van der Waals surface area contributed by atoms with E-state index < -0.39 is 0 Å². The van der Waals surface area contributed by atoms with Crippen LogP contribution in [0, 0.1) is 5.21 Å². The molecule has 0 bridgehead atoms. The number of phenols is 1. The van der Waals surface area contributed by atoms with E-state index in [-0.39, 0.29) is 22.5 Å². The molecule has 0 saturated heterocycles. The minimum atomic E-state index is -0.121. The van der Waals surface area contributed by atoms with Gasteiger partial charge in [0.05, 0.1) is 5.10 Å².